The molecule has 0 radical (unpaired) electrons. The van der Waals surface area contributed by atoms with E-state index in [0.29, 0.717) is 12.8 Å². The number of rotatable bonds is 43. The lowest BCUT2D eigenvalue weighted by Gasteiger charge is -2.14. The minimum absolute atomic E-state index is 0.0683. The molecule has 320 valence electrons. The summed E-state index contributed by atoms with van der Waals surface area (Å²) in [6.45, 7) is 4.21. The van der Waals surface area contributed by atoms with Crippen LogP contribution in [0.15, 0.2) is 36.5 Å². The third kappa shape index (κ3) is 44.2. The number of carboxylic acid groups (broad SMARTS) is 1. The summed E-state index contributed by atoms with van der Waals surface area (Å²) in [6, 6.07) is 0. The third-order valence-electron chi connectivity index (χ3n) is 10.5. The first-order valence-corrected chi connectivity index (χ1v) is 23.6. The Bertz CT molecular complexity index is 942. The van der Waals surface area contributed by atoms with E-state index in [9.17, 15) is 14.4 Å². The third-order valence-corrected chi connectivity index (χ3v) is 10.5. The number of esters is 1. The van der Waals surface area contributed by atoms with E-state index in [0.717, 1.165) is 70.6 Å². The van der Waals surface area contributed by atoms with Gasteiger partial charge >= 0.3 is 11.9 Å². The first-order valence-electron chi connectivity index (χ1n) is 23.6. The number of carboxylic acids is 1. The second-order valence-corrected chi connectivity index (χ2v) is 16.0. The lowest BCUT2D eigenvalue weighted by atomic mass is 10.0. The molecule has 6 nitrogen and oxygen atoms in total. The number of nitrogens with one attached hydrogen (secondary N) is 1. The number of carbonyl (C=O) groups excluding carboxylic acids is 2. The molecule has 1 atom stereocenters. The van der Waals surface area contributed by atoms with Crippen molar-refractivity contribution in [2.75, 3.05) is 6.54 Å². The molecule has 0 aliphatic carbocycles. The largest absolute Gasteiger partial charge is 0.480 e. The van der Waals surface area contributed by atoms with Crippen LogP contribution in [0.4, 0.5) is 0 Å². The normalized spacial score (nSPS) is 12.3. The van der Waals surface area contributed by atoms with E-state index >= 15 is 0 Å². The number of aliphatic carboxylic acids is 1. The zero-order chi connectivity index (χ0) is 40.1. The minimum atomic E-state index is -1.02. The molecule has 55 heavy (non-hydrogen) atoms. The second kappa shape index (κ2) is 44.3. The molecular weight excluding hydrogens is 683 g/mol. The number of unbranched alkanes of at least 4 members (excludes halogenated alkanes) is 28. The molecule has 0 saturated heterocycles. The summed E-state index contributed by atoms with van der Waals surface area (Å²) in [4.78, 5) is 35.0. The van der Waals surface area contributed by atoms with Crippen molar-refractivity contribution < 1.29 is 24.2 Å². The van der Waals surface area contributed by atoms with Gasteiger partial charge in [-0.3, -0.25) is 14.4 Å². The van der Waals surface area contributed by atoms with Gasteiger partial charge in [-0.25, -0.2) is 0 Å². The molecule has 1 unspecified atom stereocenters. The number of amides is 1. The molecule has 0 saturated carbocycles. The van der Waals surface area contributed by atoms with E-state index in [1.807, 2.05) is 0 Å². The monoisotopic (exact) mass is 772 g/mol. The van der Waals surface area contributed by atoms with Crippen molar-refractivity contribution in [3.05, 3.63) is 36.5 Å². The van der Waals surface area contributed by atoms with E-state index in [-0.39, 0.29) is 24.5 Å². The van der Waals surface area contributed by atoms with Gasteiger partial charge in [0.05, 0.1) is 0 Å². The van der Waals surface area contributed by atoms with Gasteiger partial charge in [0.15, 0.2) is 0 Å². The zero-order valence-electron chi connectivity index (χ0n) is 36.3. The molecule has 0 aliphatic heterocycles. The molecular formula is C49H89NO5. The average molecular weight is 772 g/mol. The summed E-state index contributed by atoms with van der Waals surface area (Å²) in [5.41, 5.74) is 0. The maximum atomic E-state index is 12.7. The van der Waals surface area contributed by atoms with E-state index in [1.54, 1.807) is 0 Å². The molecule has 0 aromatic carbocycles. The fraction of sp³-hybridized carbons (Fsp3) is 0.816. The maximum absolute atomic E-state index is 12.7. The van der Waals surface area contributed by atoms with Gasteiger partial charge in [0.25, 0.3) is 0 Å². The van der Waals surface area contributed by atoms with Crippen LogP contribution in [0.1, 0.15) is 245 Å². The van der Waals surface area contributed by atoms with E-state index in [1.165, 1.54) is 148 Å². The van der Waals surface area contributed by atoms with Gasteiger partial charge in [0.2, 0.25) is 5.91 Å². The first kappa shape index (κ1) is 52.6. The van der Waals surface area contributed by atoms with Crippen LogP contribution in [-0.2, 0) is 19.1 Å². The summed E-state index contributed by atoms with van der Waals surface area (Å²) in [6.07, 6.45) is 55.9. The molecule has 6 heteroatoms. The molecule has 1 amide bonds. The Labute approximate surface area is 340 Å². The Hall–Kier alpha value is -2.37. The summed E-state index contributed by atoms with van der Waals surface area (Å²) in [5, 5.41) is 11.1. The van der Waals surface area contributed by atoms with Gasteiger partial charge in [-0.2, -0.15) is 0 Å². The van der Waals surface area contributed by atoms with Crippen LogP contribution in [-0.4, -0.2) is 35.6 Å². The number of hydrogen-bond donors (Lipinski definition) is 2. The highest BCUT2D eigenvalue weighted by molar-refractivity contribution is 5.80. The average Bonchev–Trinajstić information content (AvgIpc) is 3.17. The van der Waals surface area contributed by atoms with Crippen molar-refractivity contribution in [1.82, 2.24) is 5.32 Å². The smallest absolute Gasteiger partial charge is 0.322 e. The van der Waals surface area contributed by atoms with Crippen molar-refractivity contribution in [2.24, 2.45) is 0 Å². The van der Waals surface area contributed by atoms with Crippen LogP contribution in [0, 0.1) is 0 Å². The summed E-state index contributed by atoms with van der Waals surface area (Å²) in [5.74, 6) is -1.28. The van der Waals surface area contributed by atoms with Crippen molar-refractivity contribution >= 4 is 17.8 Å². The van der Waals surface area contributed by atoms with Crippen molar-refractivity contribution in [2.45, 2.75) is 251 Å². The highest BCUT2D eigenvalue weighted by Gasteiger charge is 2.11. The highest BCUT2D eigenvalue weighted by Crippen LogP contribution is 2.16. The molecule has 2 N–H and O–H groups in total. The number of ether oxygens (including phenoxy) is 1. The van der Waals surface area contributed by atoms with Gasteiger partial charge in [-0.15, -0.1) is 0 Å². The van der Waals surface area contributed by atoms with Crippen LogP contribution in [0.25, 0.3) is 0 Å². The maximum Gasteiger partial charge on any atom is 0.322 e. The van der Waals surface area contributed by atoms with Gasteiger partial charge in [0.1, 0.15) is 12.6 Å². The van der Waals surface area contributed by atoms with Gasteiger partial charge in [-0.05, 0) is 76.7 Å². The topological polar surface area (TPSA) is 92.7 Å². The second-order valence-electron chi connectivity index (χ2n) is 16.0. The molecule has 0 aliphatic rings. The molecule has 0 aromatic rings. The molecule has 0 aromatic heterocycles. The molecule has 0 heterocycles. The molecule has 0 rings (SSSR count). The lowest BCUT2D eigenvalue weighted by Crippen LogP contribution is -2.28. The van der Waals surface area contributed by atoms with Crippen LogP contribution >= 0.6 is 0 Å². The van der Waals surface area contributed by atoms with Crippen LogP contribution < -0.4 is 5.32 Å². The van der Waals surface area contributed by atoms with E-state index in [2.05, 4.69) is 55.6 Å². The Balaban J connectivity index is 4.01. The molecule has 0 fully saturated rings. The molecule has 0 spiro atoms. The van der Waals surface area contributed by atoms with Crippen LogP contribution in [0.3, 0.4) is 0 Å². The van der Waals surface area contributed by atoms with Gasteiger partial charge in [0, 0.05) is 12.8 Å². The Kier molecular flexibility index (Phi) is 42.4. The quantitative estimate of drug-likeness (QED) is 0.0366. The van der Waals surface area contributed by atoms with Gasteiger partial charge < -0.3 is 15.2 Å². The van der Waals surface area contributed by atoms with Gasteiger partial charge in [-0.1, -0.05) is 192 Å². The van der Waals surface area contributed by atoms with E-state index in [4.69, 9.17) is 9.84 Å². The van der Waals surface area contributed by atoms with Crippen LogP contribution in [0.5, 0.6) is 0 Å². The summed E-state index contributed by atoms with van der Waals surface area (Å²) in [7, 11) is 0. The van der Waals surface area contributed by atoms with Crippen molar-refractivity contribution in [3.63, 3.8) is 0 Å². The summed E-state index contributed by atoms with van der Waals surface area (Å²) >= 11 is 0. The predicted molar refractivity (Wildman–Crippen MR) is 236 cm³/mol. The summed E-state index contributed by atoms with van der Waals surface area (Å²) < 4.78 is 5.94. The van der Waals surface area contributed by atoms with E-state index < -0.39 is 5.97 Å². The zero-order valence-corrected chi connectivity index (χ0v) is 36.3. The molecule has 0 bridgehead atoms. The Morgan fingerprint density at radius 3 is 1.38 bits per heavy atom. The fourth-order valence-corrected chi connectivity index (χ4v) is 6.99. The first-order chi connectivity index (χ1) is 27.0. The number of carbonyl (C=O) groups is 3. The van der Waals surface area contributed by atoms with Crippen molar-refractivity contribution in [1.29, 1.82) is 0 Å². The fourth-order valence-electron chi connectivity index (χ4n) is 6.99. The Morgan fingerprint density at radius 1 is 0.491 bits per heavy atom. The predicted octanol–water partition coefficient (Wildman–Crippen LogP) is 14.9. The lowest BCUT2D eigenvalue weighted by molar-refractivity contribution is -0.147. The Morgan fingerprint density at radius 2 is 0.891 bits per heavy atom. The van der Waals surface area contributed by atoms with Crippen LogP contribution in [0.2, 0.25) is 0 Å². The SMILES string of the molecule is CCCCCC/C=C\C/C=C\C(CCCCCCCCC(=O)NCC(=O)O)OC(=O)CCCCCCCCCCCCC/C=C\CCCCCCCCCC. The van der Waals surface area contributed by atoms with Crippen molar-refractivity contribution in [3.8, 4) is 0 Å². The standard InChI is InChI=1S/C49H89NO5/c1-3-5-7-9-11-13-14-15-16-17-18-19-20-21-22-23-24-25-26-28-30-36-40-44-49(54)55-46(41-37-33-29-27-12-10-8-6-4-2)42-38-34-31-32-35-39-43-47(51)50-45-48(52)53/h17-18,27,29,37,41,46H,3-16,19-26,28,30-36,38-40,42-45H2,1-2H3,(H,50,51)(H,52,53)/b18-17-,29-27-,41-37-. The number of allylic oxidation sites excluding steroid dienone is 5. The minimum Gasteiger partial charge on any atom is -0.480 e. The number of hydrogen-bond acceptors (Lipinski definition) is 4. The highest BCUT2D eigenvalue weighted by atomic mass is 16.5.